The molecule has 0 aliphatic rings. The maximum Gasteiger partial charge on any atom is 0.139 e. The van der Waals surface area contributed by atoms with Crippen LogP contribution < -0.4 is 0 Å². The first-order valence-corrected chi connectivity index (χ1v) is 12.7. The SMILES string of the molecule is COCCc1c(CCSC)cnn1COCC[Si](C)(C)C. The van der Waals surface area contributed by atoms with Gasteiger partial charge in [-0.1, -0.05) is 19.6 Å². The number of hydrogen-bond donors (Lipinski definition) is 0. The lowest BCUT2D eigenvalue weighted by Gasteiger charge is -2.16. The van der Waals surface area contributed by atoms with Gasteiger partial charge in [-0.3, -0.25) is 0 Å². The Balaban J connectivity index is 2.56. The Hall–Kier alpha value is -0.303. The summed E-state index contributed by atoms with van der Waals surface area (Å²) in [7, 11) is 0.723. The van der Waals surface area contributed by atoms with E-state index >= 15 is 0 Å². The largest absolute Gasteiger partial charge is 0.384 e. The minimum atomic E-state index is -1.02. The summed E-state index contributed by atoms with van der Waals surface area (Å²) in [5, 5.41) is 4.49. The highest BCUT2D eigenvalue weighted by atomic mass is 32.2. The number of aryl methyl sites for hydroxylation is 1. The zero-order valence-electron chi connectivity index (χ0n) is 14.1. The topological polar surface area (TPSA) is 36.3 Å². The van der Waals surface area contributed by atoms with E-state index in [9.17, 15) is 0 Å². The number of aromatic nitrogens is 2. The van der Waals surface area contributed by atoms with Crippen LogP contribution in [0.1, 0.15) is 11.3 Å². The molecule has 0 unspecified atom stereocenters. The van der Waals surface area contributed by atoms with E-state index in [1.165, 1.54) is 17.3 Å². The van der Waals surface area contributed by atoms with Crippen molar-refractivity contribution in [3.8, 4) is 0 Å². The van der Waals surface area contributed by atoms with Crippen molar-refractivity contribution in [3.05, 3.63) is 17.5 Å². The summed E-state index contributed by atoms with van der Waals surface area (Å²) in [5.74, 6) is 1.13. The van der Waals surface area contributed by atoms with Crippen LogP contribution in [-0.4, -0.2) is 50.2 Å². The summed E-state index contributed by atoms with van der Waals surface area (Å²) >= 11 is 1.87. The summed E-state index contributed by atoms with van der Waals surface area (Å²) in [6.07, 6.45) is 6.09. The lowest BCUT2D eigenvalue weighted by molar-refractivity contribution is 0.0754. The summed E-state index contributed by atoms with van der Waals surface area (Å²) in [4.78, 5) is 0. The van der Waals surface area contributed by atoms with E-state index in [1.807, 2.05) is 22.6 Å². The quantitative estimate of drug-likeness (QED) is 0.461. The molecule has 0 amide bonds. The normalized spacial score (nSPS) is 12.0. The molecule has 0 saturated carbocycles. The lowest BCUT2D eigenvalue weighted by Crippen LogP contribution is -2.22. The predicted octanol–water partition coefficient (Wildman–Crippen LogP) is 3.29. The Bertz CT molecular complexity index is 405. The van der Waals surface area contributed by atoms with E-state index in [-0.39, 0.29) is 0 Å². The molecule has 0 radical (unpaired) electrons. The van der Waals surface area contributed by atoms with Crippen molar-refractivity contribution >= 4 is 19.8 Å². The van der Waals surface area contributed by atoms with Gasteiger partial charge in [-0.25, -0.2) is 4.68 Å². The molecule has 0 atom stereocenters. The molecular formula is C15H30N2O2SSi. The summed E-state index contributed by atoms with van der Waals surface area (Å²) < 4.78 is 13.0. The van der Waals surface area contributed by atoms with Crippen LogP contribution in [0.2, 0.25) is 25.7 Å². The van der Waals surface area contributed by atoms with Gasteiger partial charge in [0.2, 0.25) is 0 Å². The first kappa shape index (κ1) is 18.7. The van der Waals surface area contributed by atoms with Crippen molar-refractivity contribution in [2.24, 2.45) is 0 Å². The number of nitrogens with zero attached hydrogens (tertiary/aromatic N) is 2. The van der Waals surface area contributed by atoms with Crippen molar-refractivity contribution in [1.29, 1.82) is 0 Å². The second-order valence-corrected chi connectivity index (χ2v) is 13.1. The van der Waals surface area contributed by atoms with Crippen LogP contribution in [0.5, 0.6) is 0 Å². The fourth-order valence-corrected chi connectivity index (χ4v) is 3.18. The number of ether oxygens (including phenoxy) is 2. The van der Waals surface area contributed by atoms with Crippen LogP contribution in [-0.2, 0) is 29.0 Å². The molecule has 0 aliphatic heterocycles. The Morgan fingerprint density at radius 3 is 2.62 bits per heavy atom. The first-order chi connectivity index (χ1) is 9.98. The number of methoxy groups -OCH3 is 1. The highest BCUT2D eigenvalue weighted by Gasteiger charge is 2.13. The molecule has 1 aromatic rings. The van der Waals surface area contributed by atoms with Gasteiger partial charge < -0.3 is 9.47 Å². The Labute approximate surface area is 134 Å². The van der Waals surface area contributed by atoms with E-state index in [2.05, 4.69) is 31.0 Å². The van der Waals surface area contributed by atoms with Gasteiger partial charge >= 0.3 is 0 Å². The van der Waals surface area contributed by atoms with E-state index in [1.54, 1.807) is 7.11 Å². The van der Waals surface area contributed by atoms with Crippen LogP contribution in [0.15, 0.2) is 6.20 Å². The number of rotatable bonds is 11. The second-order valence-electron chi connectivity index (χ2n) is 6.45. The Morgan fingerprint density at radius 1 is 1.24 bits per heavy atom. The van der Waals surface area contributed by atoms with Crippen LogP contribution in [0, 0.1) is 0 Å². The molecule has 1 rings (SSSR count). The number of hydrogen-bond acceptors (Lipinski definition) is 4. The molecule has 0 spiro atoms. The van der Waals surface area contributed by atoms with Crippen molar-refractivity contribution in [2.45, 2.75) is 45.3 Å². The molecule has 0 fully saturated rings. The average molecular weight is 331 g/mol. The van der Waals surface area contributed by atoms with Gasteiger partial charge in [0.25, 0.3) is 0 Å². The molecule has 0 aromatic carbocycles. The van der Waals surface area contributed by atoms with Crippen LogP contribution in [0.25, 0.3) is 0 Å². The van der Waals surface area contributed by atoms with Gasteiger partial charge in [-0.15, -0.1) is 0 Å². The second kappa shape index (κ2) is 9.66. The molecule has 21 heavy (non-hydrogen) atoms. The average Bonchev–Trinajstić information content (AvgIpc) is 2.80. The van der Waals surface area contributed by atoms with E-state index in [0.717, 1.165) is 31.8 Å². The summed E-state index contributed by atoms with van der Waals surface area (Å²) in [5.41, 5.74) is 2.59. The Morgan fingerprint density at radius 2 is 2.00 bits per heavy atom. The zero-order chi connectivity index (χ0) is 15.7. The zero-order valence-corrected chi connectivity index (χ0v) is 16.0. The molecule has 1 aromatic heterocycles. The van der Waals surface area contributed by atoms with Crippen LogP contribution in [0.3, 0.4) is 0 Å². The van der Waals surface area contributed by atoms with Crippen molar-refractivity contribution in [2.75, 3.05) is 32.3 Å². The van der Waals surface area contributed by atoms with Crippen molar-refractivity contribution in [1.82, 2.24) is 9.78 Å². The third-order valence-electron chi connectivity index (χ3n) is 3.36. The van der Waals surface area contributed by atoms with Crippen molar-refractivity contribution in [3.63, 3.8) is 0 Å². The molecule has 6 heteroatoms. The third kappa shape index (κ3) is 7.49. The van der Waals surface area contributed by atoms with Gasteiger partial charge in [0, 0.05) is 33.9 Å². The van der Waals surface area contributed by atoms with Gasteiger partial charge in [-0.2, -0.15) is 16.9 Å². The third-order valence-corrected chi connectivity index (χ3v) is 5.68. The predicted molar refractivity (Wildman–Crippen MR) is 94.0 cm³/mol. The van der Waals surface area contributed by atoms with Gasteiger partial charge in [0.15, 0.2) is 0 Å². The fraction of sp³-hybridized carbons (Fsp3) is 0.800. The van der Waals surface area contributed by atoms with E-state index in [0.29, 0.717) is 6.73 Å². The first-order valence-electron chi connectivity index (χ1n) is 7.57. The van der Waals surface area contributed by atoms with Gasteiger partial charge in [0.05, 0.1) is 12.8 Å². The van der Waals surface area contributed by atoms with Crippen LogP contribution in [0.4, 0.5) is 0 Å². The molecule has 0 bridgehead atoms. The maximum absolute atomic E-state index is 5.82. The minimum Gasteiger partial charge on any atom is -0.384 e. The molecule has 0 saturated heterocycles. The summed E-state index contributed by atoms with van der Waals surface area (Å²) in [6, 6.07) is 1.20. The molecular weight excluding hydrogens is 300 g/mol. The van der Waals surface area contributed by atoms with E-state index < -0.39 is 8.07 Å². The smallest absolute Gasteiger partial charge is 0.139 e. The lowest BCUT2D eigenvalue weighted by atomic mass is 10.1. The highest BCUT2D eigenvalue weighted by Crippen LogP contribution is 2.14. The van der Waals surface area contributed by atoms with Gasteiger partial charge in [-0.05, 0) is 30.0 Å². The van der Waals surface area contributed by atoms with Crippen LogP contribution >= 0.6 is 11.8 Å². The number of thioether (sulfide) groups is 1. The maximum atomic E-state index is 5.82. The molecule has 122 valence electrons. The monoisotopic (exact) mass is 330 g/mol. The molecule has 0 N–H and O–H groups in total. The molecule has 4 nitrogen and oxygen atoms in total. The van der Waals surface area contributed by atoms with Gasteiger partial charge in [0.1, 0.15) is 6.73 Å². The fourth-order valence-electron chi connectivity index (χ4n) is 2.00. The van der Waals surface area contributed by atoms with Crippen molar-refractivity contribution < 1.29 is 9.47 Å². The highest BCUT2D eigenvalue weighted by molar-refractivity contribution is 7.98. The molecule has 0 aliphatic carbocycles. The standard InChI is InChI=1S/C15H30N2O2SSi/c1-18-8-6-15-14(7-10-20-2)12-16-17(15)13-19-9-11-21(3,4)5/h12H,6-11,13H2,1-5H3. The Kier molecular flexibility index (Phi) is 8.62. The van der Waals surface area contributed by atoms with E-state index in [4.69, 9.17) is 9.47 Å². The molecule has 1 heterocycles. The minimum absolute atomic E-state index is 0.558. The summed E-state index contributed by atoms with van der Waals surface area (Å²) in [6.45, 7) is 9.23.